The van der Waals surface area contributed by atoms with Gasteiger partial charge in [-0.3, -0.25) is 19.2 Å². The summed E-state index contributed by atoms with van der Waals surface area (Å²) < 4.78 is 0. The van der Waals surface area contributed by atoms with Gasteiger partial charge in [-0.2, -0.15) is 0 Å². The number of nitrogens with two attached hydrogens (primary N) is 1. The number of rotatable bonds is 11. The molecule has 1 aliphatic heterocycles. The number of nitrogens with one attached hydrogen (secondary N) is 2. The lowest BCUT2D eigenvalue weighted by molar-refractivity contribution is -0.147. The summed E-state index contributed by atoms with van der Waals surface area (Å²) in [7, 11) is 0. The number of carboxylic acid groups (broad SMARTS) is 2. The van der Waals surface area contributed by atoms with Crippen molar-refractivity contribution in [3.05, 3.63) is 0 Å². The molecular weight excluding hydrogens is 412 g/mol. The van der Waals surface area contributed by atoms with Crippen LogP contribution in [0.4, 0.5) is 0 Å². The highest BCUT2D eigenvalue weighted by molar-refractivity contribution is 5.94. The molecule has 12 heteroatoms. The average Bonchev–Trinajstić information content (AvgIpc) is 3.16. The average molecular weight is 444 g/mol. The molecule has 0 aliphatic carbocycles. The highest BCUT2D eigenvalue weighted by Gasteiger charge is 2.39. The summed E-state index contributed by atoms with van der Waals surface area (Å²) in [5.41, 5.74) is 5.81. The van der Waals surface area contributed by atoms with E-state index in [0.717, 1.165) is 0 Å². The van der Waals surface area contributed by atoms with E-state index in [-0.39, 0.29) is 31.7 Å². The molecule has 0 saturated carbocycles. The predicted octanol–water partition coefficient (Wildman–Crippen LogP) is -1.74. The van der Waals surface area contributed by atoms with Crippen LogP contribution in [0.3, 0.4) is 0 Å². The third-order valence-corrected chi connectivity index (χ3v) is 5.17. The second-order valence-corrected chi connectivity index (χ2v) is 8.02. The van der Waals surface area contributed by atoms with Crippen molar-refractivity contribution in [2.24, 2.45) is 11.7 Å². The molecule has 5 atom stereocenters. The molecule has 12 nitrogen and oxygen atoms in total. The molecule has 1 fully saturated rings. The first-order chi connectivity index (χ1) is 14.4. The predicted molar refractivity (Wildman–Crippen MR) is 108 cm³/mol. The van der Waals surface area contributed by atoms with Crippen LogP contribution in [-0.2, 0) is 24.0 Å². The lowest BCUT2D eigenvalue weighted by Crippen LogP contribution is -2.58. The number of likely N-dealkylation sites (tertiary alicyclic amines) is 1. The highest BCUT2D eigenvalue weighted by Crippen LogP contribution is 2.20. The maximum atomic E-state index is 13.1. The summed E-state index contributed by atoms with van der Waals surface area (Å²) in [6.45, 7) is 4.84. The molecule has 0 aromatic rings. The molecule has 3 amide bonds. The number of aliphatic hydroxyl groups is 1. The van der Waals surface area contributed by atoms with E-state index in [1.165, 1.54) is 11.8 Å². The number of carboxylic acids is 2. The van der Waals surface area contributed by atoms with Gasteiger partial charge in [-0.25, -0.2) is 4.79 Å². The zero-order chi connectivity index (χ0) is 23.9. The second kappa shape index (κ2) is 11.6. The van der Waals surface area contributed by atoms with Gasteiger partial charge in [0.25, 0.3) is 0 Å². The van der Waals surface area contributed by atoms with E-state index >= 15 is 0 Å². The minimum atomic E-state index is -1.54. The molecule has 5 unspecified atom stereocenters. The van der Waals surface area contributed by atoms with Crippen molar-refractivity contribution in [2.45, 2.75) is 76.7 Å². The van der Waals surface area contributed by atoms with Crippen LogP contribution in [0.15, 0.2) is 0 Å². The molecule has 0 aromatic heterocycles. The van der Waals surface area contributed by atoms with Gasteiger partial charge in [0.05, 0.1) is 12.1 Å². The molecule has 1 aliphatic rings. The van der Waals surface area contributed by atoms with Gasteiger partial charge < -0.3 is 36.6 Å². The van der Waals surface area contributed by atoms with Crippen LogP contribution < -0.4 is 16.4 Å². The number of hydrogen-bond donors (Lipinski definition) is 6. The third kappa shape index (κ3) is 7.47. The Hall–Kier alpha value is -2.73. The molecule has 1 saturated heterocycles. The van der Waals surface area contributed by atoms with Gasteiger partial charge in [0, 0.05) is 13.0 Å². The van der Waals surface area contributed by atoms with E-state index in [0.29, 0.717) is 6.42 Å². The van der Waals surface area contributed by atoms with Crippen LogP contribution in [0.5, 0.6) is 0 Å². The van der Waals surface area contributed by atoms with Crippen molar-refractivity contribution in [1.29, 1.82) is 0 Å². The fourth-order valence-electron chi connectivity index (χ4n) is 3.24. The van der Waals surface area contributed by atoms with E-state index in [9.17, 15) is 29.1 Å². The van der Waals surface area contributed by atoms with Crippen molar-refractivity contribution in [1.82, 2.24) is 15.5 Å². The van der Waals surface area contributed by atoms with Gasteiger partial charge in [-0.15, -0.1) is 0 Å². The Morgan fingerprint density at radius 1 is 1.10 bits per heavy atom. The Balaban J connectivity index is 2.99. The Bertz CT molecular complexity index is 696. The molecule has 1 heterocycles. The molecule has 0 spiro atoms. The number of carbonyl (C=O) groups is 5. The summed E-state index contributed by atoms with van der Waals surface area (Å²) in [6, 6.07) is -4.65. The quantitative estimate of drug-likeness (QED) is 0.214. The summed E-state index contributed by atoms with van der Waals surface area (Å²) in [4.78, 5) is 61.5. The maximum absolute atomic E-state index is 13.1. The molecule has 31 heavy (non-hydrogen) atoms. The smallest absolute Gasteiger partial charge is 0.328 e. The van der Waals surface area contributed by atoms with Crippen molar-refractivity contribution < 1.29 is 39.3 Å². The summed E-state index contributed by atoms with van der Waals surface area (Å²) >= 11 is 0. The molecular formula is C19H32N4O8. The third-order valence-electron chi connectivity index (χ3n) is 5.17. The number of aliphatic hydroxyl groups excluding tert-OH is 1. The first-order valence-electron chi connectivity index (χ1n) is 10.2. The lowest BCUT2D eigenvalue weighted by atomic mass is 10.0. The van der Waals surface area contributed by atoms with Gasteiger partial charge >= 0.3 is 11.9 Å². The monoisotopic (exact) mass is 444 g/mol. The fraction of sp³-hybridized carbons (Fsp3) is 0.737. The van der Waals surface area contributed by atoms with Gasteiger partial charge in [0.15, 0.2) is 6.04 Å². The van der Waals surface area contributed by atoms with Crippen molar-refractivity contribution >= 4 is 29.7 Å². The van der Waals surface area contributed by atoms with Crippen molar-refractivity contribution in [3.63, 3.8) is 0 Å². The van der Waals surface area contributed by atoms with E-state index in [1.807, 2.05) is 0 Å². The second-order valence-electron chi connectivity index (χ2n) is 8.02. The highest BCUT2D eigenvalue weighted by atomic mass is 16.4. The lowest BCUT2D eigenvalue weighted by Gasteiger charge is -2.30. The van der Waals surface area contributed by atoms with Crippen LogP contribution in [0.1, 0.15) is 46.5 Å². The Kier molecular flexibility index (Phi) is 9.85. The Morgan fingerprint density at radius 2 is 1.71 bits per heavy atom. The minimum Gasteiger partial charge on any atom is -0.481 e. The number of aliphatic carboxylic acids is 2. The van der Waals surface area contributed by atoms with Gasteiger partial charge in [0.2, 0.25) is 17.7 Å². The maximum Gasteiger partial charge on any atom is 0.328 e. The first kappa shape index (κ1) is 26.3. The minimum absolute atomic E-state index is 0.180. The largest absolute Gasteiger partial charge is 0.481 e. The SMILES string of the molecule is CC(C)C(N)C(=O)NC(CCC(=O)O)C(=O)N1CCCC1C(=O)NC(C(=O)O)C(C)O. The zero-order valence-corrected chi connectivity index (χ0v) is 17.9. The standard InChI is InChI=1S/C19H32N4O8/c1-9(2)14(20)17(28)21-11(6-7-13(25)26)18(29)23-8-4-5-12(23)16(27)22-15(10(3)24)19(30)31/h9-12,14-15,24H,4-8,20H2,1-3H3,(H,21,28)(H,22,27)(H,25,26)(H,30,31). The number of hydrogen-bond acceptors (Lipinski definition) is 7. The molecule has 1 rings (SSSR count). The van der Waals surface area contributed by atoms with Gasteiger partial charge in [-0.05, 0) is 32.1 Å². The Labute approximate surface area is 180 Å². The van der Waals surface area contributed by atoms with E-state index in [4.69, 9.17) is 15.9 Å². The Morgan fingerprint density at radius 3 is 2.19 bits per heavy atom. The topological polar surface area (TPSA) is 199 Å². The van der Waals surface area contributed by atoms with Crippen LogP contribution in [0.2, 0.25) is 0 Å². The summed E-state index contributed by atoms with van der Waals surface area (Å²) in [5, 5.41) is 32.4. The molecule has 0 aromatic carbocycles. The number of nitrogens with zero attached hydrogens (tertiary/aromatic N) is 1. The fourth-order valence-corrected chi connectivity index (χ4v) is 3.24. The van der Waals surface area contributed by atoms with Gasteiger partial charge in [-0.1, -0.05) is 13.8 Å². The van der Waals surface area contributed by atoms with Gasteiger partial charge in [0.1, 0.15) is 12.1 Å². The number of carbonyl (C=O) groups excluding carboxylic acids is 3. The van der Waals surface area contributed by atoms with Crippen LogP contribution in [0, 0.1) is 5.92 Å². The van der Waals surface area contributed by atoms with E-state index < -0.39 is 59.9 Å². The van der Waals surface area contributed by atoms with E-state index in [1.54, 1.807) is 13.8 Å². The molecule has 0 bridgehead atoms. The van der Waals surface area contributed by atoms with Crippen molar-refractivity contribution in [3.8, 4) is 0 Å². The van der Waals surface area contributed by atoms with Crippen LogP contribution in [0.25, 0.3) is 0 Å². The summed E-state index contributed by atoms with van der Waals surface area (Å²) in [6.07, 6.45) is -1.22. The zero-order valence-electron chi connectivity index (χ0n) is 17.9. The molecule has 0 radical (unpaired) electrons. The summed E-state index contributed by atoms with van der Waals surface area (Å²) in [5.74, 6) is -4.80. The van der Waals surface area contributed by atoms with E-state index in [2.05, 4.69) is 10.6 Å². The van der Waals surface area contributed by atoms with Crippen molar-refractivity contribution in [2.75, 3.05) is 6.54 Å². The van der Waals surface area contributed by atoms with Crippen LogP contribution in [-0.4, -0.2) is 86.7 Å². The van der Waals surface area contributed by atoms with Crippen LogP contribution >= 0.6 is 0 Å². The molecule has 7 N–H and O–H groups in total. The molecule has 176 valence electrons. The first-order valence-corrected chi connectivity index (χ1v) is 10.2. The normalized spacial score (nSPS) is 19.9. The number of amides is 3.